The summed E-state index contributed by atoms with van der Waals surface area (Å²) in [7, 11) is 0. The summed E-state index contributed by atoms with van der Waals surface area (Å²) in [5.74, 6) is 0.619. The molecule has 0 aliphatic carbocycles. The lowest BCUT2D eigenvalue weighted by Crippen LogP contribution is -2.43. The van der Waals surface area contributed by atoms with E-state index in [-0.39, 0.29) is 5.91 Å². The smallest absolute Gasteiger partial charge is 0.216 e. The molecule has 0 bridgehead atoms. The summed E-state index contributed by atoms with van der Waals surface area (Å²) in [5.41, 5.74) is 0. The molecule has 1 aliphatic rings. The minimum absolute atomic E-state index is 0.0360. The minimum Gasteiger partial charge on any atom is -0.378 e. The van der Waals surface area contributed by atoms with Crippen molar-refractivity contribution in [3.8, 4) is 0 Å². The van der Waals surface area contributed by atoms with Crippen LogP contribution in [0.25, 0.3) is 0 Å². The van der Waals surface area contributed by atoms with Gasteiger partial charge in [0, 0.05) is 32.7 Å². The molecule has 2 atom stereocenters. The molecular formula is C12H24N2O2. The summed E-state index contributed by atoms with van der Waals surface area (Å²) < 4.78 is 5.70. The standard InChI is InChI=1S/C12H24N2O2/c1-9(2)12-8-11(4-7-16-12)14-6-5-13-10(3)15/h9,11-12,14H,4-8H2,1-3H3,(H,13,15). The molecule has 0 radical (unpaired) electrons. The van der Waals surface area contributed by atoms with Crippen molar-refractivity contribution >= 4 is 5.91 Å². The Balaban J connectivity index is 2.14. The molecule has 0 aromatic rings. The van der Waals surface area contributed by atoms with Crippen LogP contribution in [-0.2, 0) is 9.53 Å². The van der Waals surface area contributed by atoms with Crippen molar-refractivity contribution < 1.29 is 9.53 Å². The molecule has 1 heterocycles. The zero-order valence-corrected chi connectivity index (χ0v) is 10.6. The first kappa shape index (κ1) is 13.5. The third kappa shape index (κ3) is 4.94. The highest BCUT2D eigenvalue weighted by atomic mass is 16.5. The highest BCUT2D eigenvalue weighted by molar-refractivity contribution is 5.72. The number of nitrogens with one attached hydrogen (secondary N) is 2. The van der Waals surface area contributed by atoms with Gasteiger partial charge in [-0.15, -0.1) is 0 Å². The second kappa shape index (κ2) is 6.86. The Morgan fingerprint density at radius 3 is 2.81 bits per heavy atom. The van der Waals surface area contributed by atoms with E-state index in [9.17, 15) is 4.79 Å². The number of hydrogen-bond donors (Lipinski definition) is 2. The second-order valence-electron chi connectivity index (χ2n) is 4.81. The Labute approximate surface area is 98.1 Å². The van der Waals surface area contributed by atoms with Crippen molar-refractivity contribution in [1.82, 2.24) is 10.6 Å². The summed E-state index contributed by atoms with van der Waals surface area (Å²) in [6.45, 7) is 8.34. The minimum atomic E-state index is 0.0360. The first-order chi connectivity index (χ1) is 7.59. The predicted octanol–water partition coefficient (Wildman–Crippen LogP) is 0.916. The van der Waals surface area contributed by atoms with Crippen LogP contribution in [0, 0.1) is 5.92 Å². The molecule has 0 spiro atoms. The molecule has 0 saturated carbocycles. The quantitative estimate of drug-likeness (QED) is 0.688. The molecule has 4 nitrogen and oxygen atoms in total. The van der Waals surface area contributed by atoms with E-state index in [0.717, 1.165) is 26.0 Å². The summed E-state index contributed by atoms with van der Waals surface area (Å²) in [6.07, 6.45) is 2.54. The van der Waals surface area contributed by atoms with Crippen molar-refractivity contribution in [3.63, 3.8) is 0 Å². The SMILES string of the molecule is CC(=O)NCCNC1CCOC(C(C)C)C1. The van der Waals surface area contributed by atoms with Gasteiger partial charge in [0.2, 0.25) is 5.91 Å². The van der Waals surface area contributed by atoms with Crippen LogP contribution < -0.4 is 10.6 Å². The van der Waals surface area contributed by atoms with Crippen LogP contribution in [0.4, 0.5) is 0 Å². The Hall–Kier alpha value is -0.610. The fourth-order valence-corrected chi connectivity index (χ4v) is 1.99. The zero-order chi connectivity index (χ0) is 12.0. The van der Waals surface area contributed by atoms with E-state index in [1.54, 1.807) is 6.92 Å². The predicted molar refractivity (Wildman–Crippen MR) is 64.3 cm³/mol. The van der Waals surface area contributed by atoms with Crippen LogP contribution in [0.15, 0.2) is 0 Å². The van der Waals surface area contributed by atoms with Crippen molar-refractivity contribution in [2.45, 2.75) is 45.8 Å². The third-order valence-corrected chi connectivity index (χ3v) is 2.99. The van der Waals surface area contributed by atoms with E-state index >= 15 is 0 Å². The number of rotatable bonds is 5. The van der Waals surface area contributed by atoms with Crippen LogP contribution in [0.5, 0.6) is 0 Å². The summed E-state index contributed by atoms with van der Waals surface area (Å²) >= 11 is 0. The largest absolute Gasteiger partial charge is 0.378 e. The number of ether oxygens (including phenoxy) is 1. The number of amides is 1. The molecule has 4 heteroatoms. The molecule has 1 amide bonds. The second-order valence-corrected chi connectivity index (χ2v) is 4.81. The molecular weight excluding hydrogens is 204 g/mol. The highest BCUT2D eigenvalue weighted by Gasteiger charge is 2.24. The van der Waals surface area contributed by atoms with Gasteiger partial charge in [-0.3, -0.25) is 4.79 Å². The summed E-state index contributed by atoms with van der Waals surface area (Å²) in [5, 5.41) is 6.25. The Morgan fingerprint density at radius 2 is 2.19 bits per heavy atom. The molecule has 94 valence electrons. The lowest BCUT2D eigenvalue weighted by atomic mass is 9.95. The molecule has 2 unspecified atom stereocenters. The van der Waals surface area contributed by atoms with Gasteiger partial charge in [0.1, 0.15) is 0 Å². The van der Waals surface area contributed by atoms with E-state index in [4.69, 9.17) is 4.74 Å². The maximum Gasteiger partial charge on any atom is 0.216 e. The average molecular weight is 228 g/mol. The molecule has 1 fully saturated rings. The molecule has 2 N–H and O–H groups in total. The normalized spacial score (nSPS) is 25.8. The van der Waals surface area contributed by atoms with Gasteiger partial charge in [-0.1, -0.05) is 13.8 Å². The average Bonchev–Trinajstić information content (AvgIpc) is 2.24. The van der Waals surface area contributed by atoms with Crippen LogP contribution >= 0.6 is 0 Å². The van der Waals surface area contributed by atoms with E-state index in [1.165, 1.54) is 0 Å². The Bertz CT molecular complexity index is 219. The Kier molecular flexibility index (Phi) is 5.77. The molecule has 0 aromatic heterocycles. The van der Waals surface area contributed by atoms with Crippen LogP contribution in [0.2, 0.25) is 0 Å². The molecule has 1 saturated heterocycles. The van der Waals surface area contributed by atoms with E-state index in [1.807, 2.05) is 0 Å². The number of carbonyl (C=O) groups excluding carboxylic acids is 1. The first-order valence-corrected chi connectivity index (χ1v) is 6.19. The van der Waals surface area contributed by atoms with E-state index in [2.05, 4.69) is 24.5 Å². The van der Waals surface area contributed by atoms with E-state index in [0.29, 0.717) is 24.6 Å². The van der Waals surface area contributed by atoms with Crippen molar-refractivity contribution in [2.75, 3.05) is 19.7 Å². The zero-order valence-electron chi connectivity index (χ0n) is 10.6. The van der Waals surface area contributed by atoms with Gasteiger partial charge in [0.25, 0.3) is 0 Å². The first-order valence-electron chi connectivity index (χ1n) is 6.19. The van der Waals surface area contributed by atoms with Crippen molar-refractivity contribution in [3.05, 3.63) is 0 Å². The highest BCUT2D eigenvalue weighted by Crippen LogP contribution is 2.19. The summed E-state index contributed by atoms with van der Waals surface area (Å²) in [6, 6.07) is 0.537. The van der Waals surface area contributed by atoms with Crippen LogP contribution in [0.3, 0.4) is 0 Å². The molecule has 0 aromatic carbocycles. The van der Waals surface area contributed by atoms with Crippen molar-refractivity contribution in [2.24, 2.45) is 5.92 Å². The van der Waals surface area contributed by atoms with Gasteiger partial charge in [0.05, 0.1) is 6.10 Å². The van der Waals surface area contributed by atoms with E-state index < -0.39 is 0 Å². The summed E-state index contributed by atoms with van der Waals surface area (Å²) in [4.78, 5) is 10.7. The van der Waals surface area contributed by atoms with Gasteiger partial charge < -0.3 is 15.4 Å². The molecule has 1 rings (SSSR count). The molecule has 1 aliphatic heterocycles. The fraction of sp³-hybridized carbons (Fsp3) is 0.917. The topological polar surface area (TPSA) is 50.4 Å². The van der Waals surface area contributed by atoms with Gasteiger partial charge in [-0.2, -0.15) is 0 Å². The number of carbonyl (C=O) groups is 1. The maximum absolute atomic E-state index is 10.7. The van der Waals surface area contributed by atoms with Gasteiger partial charge >= 0.3 is 0 Å². The van der Waals surface area contributed by atoms with Gasteiger partial charge in [-0.05, 0) is 18.8 Å². The third-order valence-electron chi connectivity index (χ3n) is 2.99. The monoisotopic (exact) mass is 228 g/mol. The Morgan fingerprint density at radius 1 is 1.44 bits per heavy atom. The van der Waals surface area contributed by atoms with Crippen molar-refractivity contribution in [1.29, 1.82) is 0 Å². The van der Waals surface area contributed by atoms with Gasteiger partial charge in [-0.25, -0.2) is 0 Å². The maximum atomic E-state index is 10.7. The lowest BCUT2D eigenvalue weighted by Gasteiger charge is -2.32. The fourth-order valence-electron chi connectivity index (χ4n) is 1.99. The molecule has 16 heavy (non-hydrogen) atoms. The van der Waals surface area contributed by atoms with Crippen LogP contribution in [0.1, 0.15) is 33.6 Å². The lowest BCUT2D eigenvalue weighted by molar-refractivity contribution is -0.118. The van der Waals surface area contributed by atoms with Gasteiger partial charge in [0.15, 0.2) is 0 Å². The number of hydrogen-bond acceptors (Lipinski definition) is 3. The van der Waals surface area contributed by atoms with Crippen LogP contribution in [-0.4, -0.2) is 37.7 Å².